The van der Waals surface area contributed by atoms with E-state index in [1.165, 1.54) is 0 Å². The minimum Gasteiger partial charge on any atom is -0.493 e. The fourth-order valence-electron chi connectivity index (χ4n) is 2.14. The molecular weight excluding hydrogens is 372 g/mol. The lowest BCUT2D eigenvalue weighted by molar-refractivity contribution is 0.287. The number of ether oxygens (including phenoxy) is 3. The SMILES string of the molecule is CCCOc1c(OC)ccc(Br)c1CNCCOc1ccccn1. The maximum atomic E-state index is 5.88. The van der Waals surface area contributed by atoms with E-state index in [0.29, 0.717) is 32.2 Å². The third-order valence-electron chi connectivity index (χ3n) is 3.31. The molecule has 1 aromatic carbocycles. The van der Waals surface area contributed by atoms with Gasteiger partial charge in [-0.25, -0.2) is 4.98 Å². The summed E-state index contributed by atoms with van der Waals surface area (Å²) in [6.07, 6.45) is 2.66. The molecular formula is C18H23BrN2O3. The van der Waals surface area contributed by atoms with Crippen LogP contribution in [0.25, 0.3) is 0 Å². The molecule has 0 amide bonds. The molecule has 1 heterocycles. The van der Waals surface area contributed by atoms with Crippen LogP contribution in [0, 0.1) is 0 Å². The molecule has 5 nitrogen and oxygen atoms in total. The smallest absolute Gasteiger partial charge is 0.213 e. The van der Waals surface area contributed by atoms with Crippen molar-refractivity contribution < 1.29 is 14.2 Å². The molecule has 0 bridgehead atoms. The number of benzene rings is 1. The van der Waals surface area contributed by atoms with Crippen molar-refractivity contribution in [2.75, 3.05) is 26.9 Å². The molecule has 1 aromatic heterocycles. The summed E-state index contributed by atoms with van der Waals surface area (Å²) in [5, 5.41) is 3.36. The van der Waals surface area contributed by atoms with E-state index in [2.05, 4.69) is 33.2 Å². The molecule has 0 saturated heterocycles. The molecule has 0 aliphatic heterocycles. The third kappa shape index (κ3) is 5.39. The molecule has 0 aliphatic rings. The van der Waals surface area contributed by atoms with Crippen molar-refractivity contribution in [3.63, 3.8) is 0 Å². The van der Waals surface area contributed by atoms with Crippen molar-refractivity contribution in [2.24, 2.45) is 0 Å². The second-order valence-electron chi connectivity index (χ2n) is 5.10. The van der Waals surface area contributed by atoms with Crippen LogP contribution in [0.2, 0.25) is 0 Å². The van der Waals surface area contributed by atoms with Crippen LogP contribution < -0.4 is 19.5 Å². The predicted molar refractivity (Wildman–Crippen MR) is 97.9 cm³/mol. The van der Waals surface area contributed by atoms with E-state index < -0.39 is 0 Å². The molecule has 1 N–H and O–H groups in total. The largest absolute Gasteiger partial charge is 0.493 e. The van der Waals surface area contributed by atoms with Crippen LogP contribution in [0.3, 0.4) is 0 Å². The Morgan fingerprint density at radius 1 is 1.12 bits per heavy atom. The van der Waals surface area contributed by atoms with Gasteiger partial charge in [0, 0.05) is 35.4 Å². The standard InChI is InChI=1S/C18H23BrN2O3/c1-3-11-24-18-14(15(19)7-8-16(18)22-2)13-20-10-12-23-17-6-4-5-9-21-17/h4-9,20H,3,10-13H2,1-2H3. The second kappa shape index (κ2) is 10.2. The first-order valence-corrected chi connectivity index (χ1v) is 8.78. The van der Waals surface area contributed by atoms with Crippen LogP contribution in [0.15, 0.2) is 41.0 Å². The van der Waals surface area contributed by atoms with E-state index in [9.17, 15) is 0 Å². The average Bonchev–Trinajstić information content (AvgIpc) is 2.62. The number of nitrogens with one attached hydrogen (secondary N) is 1. The molecule has 0 unspecified atom stereocenters. The number of halogens is 1. The van der Waals surface area contributed by atoms with Crippen molar-refractivity contribution in [1.29, 1.82) is 0 Å². The quantitative estimate of drug-likeness (QED) is 0.620. The molecule has 0 saturated carbocycles. The number of methoxy groups -OCH3 is 1. The van der Waals surface area contributed by atoms with E-state index in [-0.39, 0.29) is 0 Å². The van der Waals surface area contributed by atoms with Gasteiger partial charge in [0.05, 0.1) is 13.7 Å². The zero-order chi connectivity index (χ0) is 17.2. The maximum Gasteiger partial charge on any atom is 0.213 e. The lowest BCUT2D eigenvalue weighted by Gasteiger charge is -2.17. The Morgan fingerprint density at radius 2 is 2.00 bits per heavy atom. The van der Waals surface area contributed by atoms with E-state index >= 15 is 0 Å². The highest BCUT2D eigenvalue weighted by atomic mass is 79.9. The molecule has 2 aromatic rings. The lowest BCUT2D eigenvalue weighted by atomic mass is 10.2. The Balaban J connectivity index is 1.90. The monoisotopic (exact) mass is 394 g/mol. The van der Waals surface area contributed by atoms with Gasteiger partial charge in [-0.1, -0.05) is 28.9 Å². The average molecular weight is 395 g/mol. The number of aromatic nitrogens is 1. The third-order valence-corrected chi connectivity index (χ3v) is 4.05. The van der Waals surface area contributed by atoms with Gasteiger partial charge in [0.15, 0.2) is 11.5 Å². The van der Waals surface area contributed by atoms with Gasteiger partial charge >= 0.3 is 0 Å². The Kier molecular flexibility index (Phi) is 7.85. The summed E-state index contributed by atoms with van der Waals surface area (Å²) in [6.45, 7) is 4.64. The topological polar surface area (TPSA) is 52.6 Å². The molecule has 0 spiro atoms. The van der Waals surface area contributed by atoms with E-state index in [4.69, 9.17) is 14.2 Å². The van der Waals surface area contributed by atoms with Gasteiger partial charge in [-0.2, -0.15) is 0 Å². The number of hydrogen-bond donors (Lipinski definition) is 1. The minimum atomic E-state index is 0.545. The molecule has 130 valence electrons. The van der Waals surface area contributed by atoms with Crippen LogP contribution in [-0.4, -0.2) is 31.9 Å². The number of pyridine rings is 1. The summed E-state index contributed by atoms with van der Waals surface area (Å²) in [4.78, 5) is 4.13. The van der Waals surface area contributed by atoms with Gasteiger partial charge in [-0.3, -0.25) is 0 Å². The Bertz CT molecular complexity index is 623. The first-order chi connectivity index (χ1) is 11.8. The molecule has 0 atom stereocenters. The number of hydrogen-bond acceptors (Lipinski definition) is 5. The number of nitrogens with zero attached hydrogens (tertiary/aromatic N) is 1. The van der Waals surface area contributed by atoms with Crippen molar-refractivity contribution >= 4 is 15.9 Å². The minimum absolute atomic E-state index is 0.545. The van der Waals surface area contributed by atoms with Crippen LogP contribution in [0.5, 0.6) is 17.4 Å². The highest BCUT2D eigenvalue weighted by Crippen LogP contribution is 2.36. The van der Waals surface area contributed by atoms with Gasteiger partial charge in [0.1, 0.15) is 6.61 Å². The normalized spacial score (nSPS) is 10.5. The van der Waals surface area contributed by atoms with Gasteiger partial charge in [-0.15, -0.1) is 0 Å². The summed E-state index contributed by atoms with van der Waals surface area (Å²) in [6, 6.07) is 9.49. The molecule has 6 heteroatoms. The Morgan fingerprint density at radius 3 is 2.71 bits per heavy atom. The zero-order valence-electron chi connectivity index (χ0n) is 14.0. The first kappa shape index (κ1) is 18.5. The van der Waals surface area contributed by atoms with Gasteiger partial charge in [0.25, 0.3) is 0 Å². The second-order valence-corrected chi connectivity index (χ2v) is 5.95. The fraction of sp³-hybridized carbons (Fsp3) is 0.389. The van der Waals surface area contributed by atoms with Crippen LogP contribution in [0.1, 0.15) is 18.9 Å². The van der Waals surface area contributed by atoms with Gasteiger partial charge < -0.3 is 19.5 Å². The predicted octanol–water partition coefficient (Wildman–Crippen LogP) is 3.81. The van der Waals surface area contributed by atoms with Crippen molar-refractivity contribution in [1.82, 2.24) is 10.3 Å². The summed E-state index contributed by atoms with van der Waals surface area (Å²) in [7, 11) is 1.65. The number of rotatable bonds is 10. The van der Waals surface area contributed by atoms with Crippen LogP contribution >= 0.6 is 15.9 Å². The zero-order valence-corrected chi connectivity index (χ0v) is 15.6. The summed E-state index contributed by atoms with van der Waals surface area (Å²) < 4.78 is 17.9. The fourth-order valence-corrected chi connectivity index (χ4v) is 2.60. The Hall–Kier alpha value is -1.79. The van der Waals surface area contributed by atoms with Crippen molar-refractivity contribution in [2.45, 2.75) is 19.9 Å². The highest BCUT2D eigenvalue weighted by molar-refractivity contribution is 9.10. The molecule has 24 heavy (non-hydrogen) atoms. The first-order valence-electron chi connectivity index (χ1n) is 7.99. The Labute approximate surface area is 151 Å². The van der Waals surface area contributed by atoms with Crippen LogP contribution in [-0.2, 0) is 6.54 Å². The summed E-state index contributed by atoms with van der Waals surface area (Å²) in [5.74, 6) is 2.16. The lowest BCUT2D eigenvalue weighted by Crippen LogP contribution is -2.21. The maximum absolute atomic E-state index is 5.88. The van der Waals surface area contributed by atoms with Crippen LogP contribution in [0.4, 0.5) is 0 Å². The van der Waals surface area contributed by atoms with Crippen molar-refractivity contribution in [3.05, 3.63) is 46.6 Å². The summed E-state index contributed by atoms with van der Waals surface area (Å²) in [5.41, 5.74) is 1.04. The van der Waals surface area contributed by atoms with E-state index in [1.54, 1.807) is 13.3 Å². The van der Waals surface area contributed by atoms with Crippen molar-refractivity contribution in [3.8, 4) is 17.4 Å². The molecule has 0 fully saturated rings. The molecule has 0 aliphatic carbocycles. The molecule has 2 rings (SSSR count). The summed E-state index contributed by atoms with van der Waals surface area (Å²) >= 11 is 3.59. The van der Waals surface area contributed by atoms with E-state index in [0.717, 1.165) is 28.0 Å². The van der Waals surface area contributed by atoms with Gasteiger partial charge in [-0.05, 0) is 24.6 Å². The molecule has 0 radical (unpaired) electrons. The highest BCUT2D eigenvalue weighted by Gasteiger charge is 2.14. The van der Waals surface area contributed by atoms with Gasteiger partial charge in [0.2, 0.25) is 5.88 Å². The van der Waals surface area contributed by atoms with E-state index in [1.807, 2.05) is 30.3 Å².